The first-order chi connectivity index (χ1) is 23.3. The number of benzene rings is 2. The first kappa shape index (κ1) is 41.4. The fourth-order valence-corrected chi connectivity index (χ4v) is 7.59. The van der Waals surface area contributed by atoms with Crippen LogP contribution in [0.5, 0.6) is 11.5 Å². The third kappa shape index (κ3) is 25.0. The average molecular weight is 663 g/mol. The molecular formula is C44H74O2Si. The second-order valence-electron chi connectivity index (χ2n) is 14.1. The van der Waals surface area contributed by atoms with E-state index in [1.807, 2.05) is 0 Å². The summed E-state index contributed by atoms with van der Waals surface area (Å²) in [6.45, 7) is 6.25. The summed E-state index contributed by atoms with van der Waals surface area (Å²) in [6, 6.07) is 17.4. The van der Waals surface area contributed by atoms with Crippen LogP contribution in [0, 0.1) is 0 Å². The predicted molar refractivity (Wildman–Crippen MR) is 210 cm³/mol. The lowest BCUT2D eigenvalue weighted by molar-refractivity contribution is 0.304. The Bertz CT molecular complexity index is 868. The number of rotatable bonds is 34. The molecule has 0 aliphatic heterocycles. The molecule has 2 radical (unpaired) electrons. The molecule has 0 saturated carbocycles. The molecule has 3 heteroatoms. The maximum atomic E-state index is 6.13. The van der Waals surface area contributed by atoms with Crippen molar-refractivity contribution in [1.29, 1.82) is 0 Å². The Morgan fingerprint density at radius 1 is 0.362 bits per heavy atom. The van der Waals surface area contributed by atoms with Crippen LogP contribution < -0.4 is 19.8 Å². The maximum Gasteiger partial charge on any atom is 0.121 e. The Balaban J connectivity index is 1.45. The van der Waals surface area contributed by atoms with Crippen molar-refractivity contribution in [2.24, 2.45) is 0 Å². The van der Waals surface area contributed by atoms with Crippen LogP contribution in [0.3, 0.4) is 0 Å². The molecule has 0 heterocycles. The van der Waals surface area contributed by atoms with Gasteiger partial charge in [-0.15, -0.1) is 0 Å². The number of unbranched alkanes of at least 4 members (excludes halogenated alkanes) is 26. The topological polar surface area (TPSA) is 18.5 Å². The molecule has 266 valence electrons. The fourth-order valence-electron chi connectivity index (χ4n) is 6.47. The Morgan fingerprint density at radius 3 is 0.936 bits per heavy atom. The van der Waals surface area contributed by atoms with Crippen LogP contribution in [-0.4, -0.2) is 22.7 Å². The zero-order valence-corrected chi connectivity index (χ0v) is 32.1. The van der Waals surface area contributed by atoms with Gasteiger partial charge in [-0.25, -0.2) is 0 Å². The molecule has 0 fully saturated rings. The van der Waals surface area contributed by atoms with E-state index in [2.05, 4.69) is 62.4 Å². The van der Waals surface area contributed by atoms with Crippen molar-refractivity contribution < 1.29 is 9.47 Å². The van der Waals surface area contributed by atoms with Crippen molar-refractivity contribution in [3.8, 4) is 11.5 Å². The molecular weight excluding hydrogens is 589 g/mol. The van der Waals surface area contributed by atoms with E-state index in [1.54, 1.807) is 0 Å². The largest absolute Gasteiger partial charge is 0.494 e. The van der Waals surface area contributed by atoms with Gasteiger partial charge < -0.3 is 9.47 Å². The Labute approximate surface area is 295 Å². The van der Waals surface area contributed by atoms with Gasteiger partial charge in [0.05, 0.1) is 13.2 Å². The molecule has 47 heavy (non-hydrogen) atoms. The Morgan fingerprint density at radius 2 is 0.638 bits per heavy atom. The molecule has 0 unspecified atom stereocenters. The van der Waals surface area contributed by atoms with Gasteiger partial charge in [-0.2, -0.15) is 0 Å². The quantitative estimate of drug-likeness (QED) is 0.0548. The summed E-state index contributed by atoms with van der Waals surface area (Å²) in [5.74, 6) is 2.02. The van der Waals surface area contributed by atoms with E-state index in [-0.39, 0.29) is 0 Å². The maximum absolute atomic E-state index is 6.13. The summed E-state index contributed by atoms with van der Waals surface area (Å²) >= 11 is 0. The molecule has 2 rings (SSSR count). The Kier molecular flexibility index (Phi) is 27.8. The van der Waals surface area contributed by atoms with Crippen molar-refractivity contribution in [2.75, 3.05) is 13.2 Å². The van der Waals surface area contributed by atoms with Gasteiger partial charge in [0.25, 0.3) is 0 Å². The monoisotopic (exact) mass is 663 g/mol. The van der Waals surface area contributed by atoms with Crippen LogP contribution >= 0.6 is 0 Å². The smallest absolute Gasteiger partial charge is 0.121 e. The van der Waals surface area contributed by atoms with E-state index in [1.165, 1.54) is 177 Å². The highest BCUT2D eigenvalue weighted by molar-refractivity contribution is 6.67. The molecule has 0 N–H and O–H groups in total. The minimum Gasteiger partial charge on any atom is -0.494 e. The van der Waals surface area contributed by atoms with Crippen LogP contribution in [0.15, 0.2) is 48.5 Å². The van der Waals surface area contributed by atoms with Crippen molar-refractivity contribution in [1.82, 2.24) is 0 Å². The highest BCUT2D eigenvalue weighted by atomic mass is 28.2. The zero-order valence-electron chi connectivity index (χ0n) is 31.1. The highest BCUT2D eigenvalue weighted by Crippen LogP contribution is 2.16. The van der Waals surface area contributed by atoms with E-state index in [4.69, 9.17) is 9.47 Å². The fraction of sp³-hybridized carbons (Fsp3) is 0.727. The van der Waals surface area contributed by atoms with Gasteiger partial charge in [0.1, 0.15) is 21.0 Å². The molecule has 2 nitrogen and oxygen atoms in total. The van der Waals surface area contributed by atoms with Crippen molar-refractivity contribution in [3.63, 3.8) is 0 Å². The summed E-state index contributed by atoms with van der Waals surface area (Å²) in [5, 5.41) is 2.65. The molecule has 0 aliphatic carbocycles. The lowest BCUT2D eigenvalue weighted by atomic mass is 10.0. The van der Waals surface area contributed by atoms with Crippen LogP contribution in [0.2, 0.25) is 0 Å². The predicted octanol–water partition coefficient (Wildman–Crippen LogP) is 13.1. The second kappa shape index (κ2) is 31.5. The average Bonchev–Trinajstić information content (AvgIpc) is 3.08. The first-order valence-electron chi connectivity index (χ1n) is 20.5. The van der Waals surface area contributed by atoms with E-state index in [9.17, 15) is 0 Å². The molecule has 0 saturated heterocycles. The SMILES string of the molecule is CCCCCCCCCCCCCCCCOc1cccc([Si]c2cccc(OCCCCCCCCCCCCCCCC)c2)c1. The van der Waals surface area contributed by atoms with Crippen LogP contribution in [0.4, 0.5) is 0 Å². The van der Waals surface area contributed by atoms with Gasteiger partial charge in [0.2, 0.25) is 0 Å². The lowest BCUT2D eigenvalue weighted by Gasteiger charge is -2.10. The van der Waals surface area contributed by atoms with Gasteiger partial charge in [-0.3, -0.25) is 0 Å². The summed E-state index contributed by atoms with van der Waals surface area (Å²) in [6.07, 6.45) is 38.9. The van der Waals surface area contributed by atoms with Gasteiger partial charge in [-0.1, -0.05) is 215 Å². The summed E-state index contributed by atoms with van der Waals surface area (Å²) in [7, 11) is 0.617. The minimum absolute atomic E-state index is 0.617. The number of hydrogen-bond donors (Lipinski definition) is 0. The first-order valence-corrected chi connectivity index (χ1v) is 21.5. The highest BCUT2D eigenvalue weighted by Gasteiger charge is 2.04. The molecule has 0 spiro atoms. The molecule has 0 atom stereocenters. The van der Waals surface area contributed by atoms with Gasteiger partial charge >= 0.3 is 0 Å². The molecule has 0 bridgehead atoms. The van der Waals surface area contributed by atoms with Crippen LogP contribution in [0.1, 0.15) is 194 Å². The minimum atomic E-state index is 0.617. The third-order valence-electron chi connectivity index (χ3n) is 9.49. The van der Waals surface area contributed by atoms with E-state index in [0.29, 0.717) is 9.52 Å². The molecule has 2 aromatic rings. The van der Waals surface area contributed by atoms with Gasteiger partial charge in [0, 0.05) is 0 Å². The summed E-state index contributed by atoms with van der Waals surface area (Å²) < 4.78 is 12.3. The van der Waals surface area contributed by atoms with E-state index in [0.717, 1.165) is 37.6 Å². The van der Waals surface area contributed by atoms with Crippen molar-refractivity contribution >= 4 is 19.9 Å². The molecule has 0 aliphatic rings. The standard InChI is InChI=1S/C44H74O2Si/c1-3-5-7-9-11-13-15-17-19-21-23-25-27-29-37-45-41-33-31-35-43(39-41)47-44-36-32-34-42(40-44)46-38-30-28-26-24-22-20-18-16-14-12-10-8-6-4-2/h31-36,39-40H,3-30,37-38H2,1-2H3. The van der Waals surface area contributed by atoms with Gasteiger partial charge in [-0.05, 0) is 37.1 Å². The second-order valence-corrected chi connectivity index (χ2v) is 15.5. The van der Waals surface area contributed by atoms with Crippen molar-refractivity contribution in [3.05, 3.63) is 48.5 Å². The lowest BCUT2D eigenvalue weighted by Crippen LogP contribution is -2.27. The zero-order chi connectivity index (χ0) is 33.3. The van der Waals surface area contributed by atoms with E-state index >= 15 is 0 Å². The Hall–Kier alpha value is -1.74. The third-order valence-corrected chi connectivity index (χ3v) is 10.7. The number of ether oxygens (including phenoxy) is 2. The number of hydrogen-bond acceptors (Lipinski definition) is 2. The molecule has 2 aromatic carbocycles. The van der Waals surface area contributed by atoms with Crippen LogP contribution in [-0.2, 0) is 0 Å². The van der Waals surface area contributed by atoms with Gasteiger partial charge in [0.15, 0.2) is 0 Å². The summed E-state index contributed by atoms with van der Waals surface area (Å²) in [4.78, 5) is 0. The molecule has 0 aromatic heterocycles. The van der Waals surface area contributed by atoms with Crippen molar-refractivity contribution in [2.45, 2.75) is 194 Å². The normalized spacial score (nSPS) is 11.3. The van der Waals surface area contributed by atoms with Crippen LogP contribution in [0.25, 0.3) is 0 Å². The van der Waals surface area contributed by atoms with E-state index < -0.39 is 0 Å². The molecule has 0 amide bonds. The summed E-state index contributed by atoms with van der Waals surface area (Å²) in [5.41, 5.74) is 0.